The zero-order valence-electron chi connectivity index (χ0n) is 10.2. The second-order valence-corrected chi connectivity index (χ2v) is 5.70. The van der Waals surface area contributed by atoms with E-state index in [2.05, 4.69) is 32.2 Å². The number of thioether (sulfide) groups is 1. The van der Waals surface area contributed by atoms with E-state index in [-0.39, 0.29) is 0 Å². The summed E-state index contributed by atoms with van der Waals surface area (Å²) < 4.78 is 0. The monoisotopic (exact) mass is 257 g/mol. The van der Waals surface area contributed by atoms with E-state index in [1.165, 1.54) is 10.5 Å². The lowest BCUT2D eigenvalue weighted by atomic mass is 10.2. The third-order valence-electron chi connectivity index (χ3n) is 2.51. The van der Waals surface area contributed by atoms with Crippen molar-refractivity contribution >= 4 is 23.4 Å². The molecule has 0 saturated carbocycles. The van der Waals surface area contributed by atoms with Gasteiger partial charge in [-0.3, -0.25) is 0 Å². The Bertz CT molecular complexity index is 328. The first-order valence-electron chi connectivity index (χ1n) is 5.83. The maximum atomic E-state index is 6.26. The molecule has 0 saturated heterocycles. The van der Waals surface area contributed by atoms with Crippen molar-refractivity contribution in [1.29, 1.82) is 0 Å². The summed E-state index contributed by atoms with van der Waals surface area (Å²) in [7, 11) is 0. The number of rotatable bonds is 6. The smallest absolute Gasteiger partial charge is 0.0545 e. The molecular weight excluding hydrogens is 238 g/mol. The van der Waals surface area contributed by atoms with Crippen LogP contribution in [-0.2, 0) is 6.54 Å². The molecule has 0 spiro atoms. The number of hydrogen-bond donors (Lipinski definition) is 1. The van der Waals surface area contributed by atoms with Crippen LogP contribution >= 0.6 is 23.4 Å². The van der Waals surface area contributed by atoms with Gasteiger partial charge in [-0.25, -0.2) is 0 Å². The van der Waals surface area contributed by atoms with E-state index in [9.17, 15) is 0 Å². The average Bonchev–Trinajstić information content (AvgIpc) is 2.29. The Balaban J connectivity index is 2.85. The molecule has 0 radical (unpaired) electrons. The standard InChI is InChI=1S/C13H20ClNS/c1-4-10(3)16-13-11(9-15-5-2)7-6-8-12(13)14/h6-8,10,15H,4-5,9H2,1-3H3. The number of benzene rings is 1. The molecule has 0 amide bonds. The maximum absolute atomic E-state index is 6.26. The number of hydrogen-bond acceptors (Lipinski definition) is 2. The summed E-state index contributed by atoms with van der Waals surface area (Å²) in [4.78, 5) is 1.24. The first-order chi connectivity index (χ1) is 7.69. The predicted octanol–water partition coefficient (Wildman–Crippen LogP) is 4.34. The van der Waals surface area contributed by atoms with Crippen molar-refractivity contribution in [2.45, 2.75) is 43.9 Å². The highest BCUT2D eigenvalue weighted by Crippen LogP contribution is 2.34. The van der Waals surface area contributed by atoms with Gasteiger partial charge in [-0.15, -0.1) is 11.8 Å². The third-order valence-corrected chi connectivity index (χ3v) is 4.39. The van der Waals surface area contributed by atoms with Crippen molar-refractivity contribution in [2.24, 2.45) is 0 Å². The van der Waals surface area contributed by atoms with E-state index in [4.69, 9.17) is 11.6 Å². The molecular formula is C13H20ClNS. The quantitative estimate of drug-likeness (QED) is 0.761. The van der Waals surface area contributed by atoms with Gasteiger partial charge in [0.1, 0.15) is 0 Å². The molecule has 90 valence electrons. The van der Waals surface area contributed by atoms with Gasteiger partial charge >= 0.3 is 0 Å². The van der Waals surface area contributed by atoms with Gasteiger partial charge < -0.3 is 5.32 Å². The summed E-state index contributed by atoms with van der Waals surface area (Å²) in [5.41, 5.74) is 1.31. The van der Waals surface area contributed by atoms with Crippen molar-refractivity contribution in [3.05, 3.63) is 28.8 Å². The molecule has 1 unspecified atom stereocenters. The first kappa shape index (κ1) is 13.9. The van der Waals surface area contributed by atoms with Crippen LogP contribution in [0.15, 0.2) is 23.1 Å². The van der Waals surface area contributed by atoms with Crippen molar-refractivity contribution in [2.75, 3.05) is 6.54 Å². The maximum Gasteiger partial charge on any atom is 0.0545 e. The molecule has 1 nitrogen and oxygen atoms in total. The molecule has 0 fully saturated rings. The third kappa shape index (κ3) is 4.00. The zero-order valence-corrected chi connectivity index (χ0v) is 11.8. The summed E-state index contributed by atoms with van der Waals surface area (Å²) in [5, 5.41) is 4.84. The summed E-state index contributed by atoms with van der Waals surface area (Å²) >= 11 is 8.14. The van der Waals surface area contributed by atoms with Crippen molar-refractivity contribution in [3.63, 3.8) is 0 Å². The van der Waals surface area contributed by atoms with Gasteiger partial charge in [0.15, 0.2) is 0 Å². The lowest BCUT2D eigenvalue weighted by Gasteiger charge is -2.14. The molecule has 1 atom stereocenters. The molecule has 1 rings (SSSR count). The molecule has 0 aliphatic rings. The number of halogens is 1. The minimum absolute atomic E-state index is 0.611. The molecule has 1 aromatic rings. The zero-order chi connectivity index (χ0) is 12.0. The Labute approximate surface area is 108 Å². The summed E-state index contributed by atoms with van der Waals surface area (Å²) in [5.74, 6) is 0. The van der Waals surface area contributed by atoms with E-state index in [0.717, 1.165) is 24.5 Å². The van der Waals surface area contributed by atoms with Crippen LogP contribution < -0.4 is 5.32 Å². The van der Waals surface area contributed by atoms with E-state index < -0.39 is 0 Å². The molecule has 16 heavy (non-hydrogen) atoms. The SMILES string of the molecule is CCNCc1cccc(Cl)c1SC(C)CC. The first-order valence-corrected chi connectivity index (χ1v) is 7.09. The molecule has 0 aliphatic carbocycles. The lowest BCUT2D eigenvalue weighted by molar-refractivity contribution is 0.717. The van der Waals surface area contributed by atoms with E-state index in [0.29, 0.717) is 5.25 Å². The molecule has 1 N–H and O–H groups in total. The Hall–Kier alpha value is -0.180. The van der Waals surface area contributed by atoms with Gasteiger partial charge in [0, 0.05) is 16.7 Å². The topological polar surface area (TPSA) is 12.0 Å². The van der Waals surface area contributed by atoms with Crippen LogP contribution in [0.1, 0.15) is 32.8 Å². The molecule has 0 bridgehead atoms. The van der Waals surface area contributed by atoms with Gasteiger partial charge in [0.2, 0.25) is 0 Å². The van der Waals surface area contributed by atoms with E-state index in [1.54, 1.807) is 0 Å². The lowest BCUT2D eigenvalue weighted by Crippen LogP contribution is -2.12. The largest absolute Gasteiger partial charge is 0.313 e. The van der Waals surface area contributed by atoms with Crippen LogP contribution in [0, 0.1) is 0 Å². The molecule has 0 aromatic heterocycles. The summed E-state index contributed by atoms with van der Waals surface area (Å²) in [6.07, 6.45) is 1.16. The molecule has 1 aromatic carbocycles. The Morgan fingerprint density at radius 2 is 2.12 bits per heavy atom. The van der Waals surface area contributed by atoms with Crippen LogP contribution in [0.2, 0.25) is 5.02 Å². The van der Waals surface area contributed by atoms with Gasteiger partial charge in [0.05, 0.1) is 5.02 Å². The van der Waals surface area contributed by atoms with Crippen LogP contribution in [0.3, 0.4) is 0 Å². The Morgan fingerprint density at radius 1 is 1.38 bits per heavy atom. The van der Waals surface area contributed by atoms with Gasteiger partial charge in [-0.2, -0.15) is 0 Å². The highest BCUT2D eigenvalue weighted by Gasteiger charge is 2.10. The van der Waals surface area contributed by atoms with Crippen LogP contribution in [0.5, 0.6) is 0 Å². The second kappa shape index (κ2) is 7.21. The van der Waals surface area contributed by atoms with Gasteiger partial charge in [-0.05, 0) is 24.6 Å². The van der Waals surface area contributed by atoms with Crippen LogP contribution in [-0.4, -0.2) is 11.8 Å². The fraction of sp³-hybridized carbons (Fsp3) is 0.538. The fourth-order valence-electron chi connectivity index (χ4n) is 1.37. The van der Waals surface area contributed by atoms with Gasteiger partial charge in [0.25, 0.3) is 0 Å². The predicted molar refractivity (Wildman–Crippen MR) is 74.4 cm³/mol. The molecule has 0 aliphatic heterocycles. The highest BCUT2D eigenvalue weighted by atomic mass is 35.5. The van der Waals surface area contributed by atoms with Crippen LogP contribution in [0.4, 0.5) is 0 Å². The minimum atomic E-state index is 0.611. The van der Waals surface area contributed by atoms with Crippen molar-refractivity contribution in [1.82, 2.24) is 5.32 Å². The highest BCUT2D eigenvalue weighted by molar-refractivity contribution is 8.00. The molecule has 3 heteroatoms. The van der Waals surface area contributed by atoms with Gasteiger partial charge in [-0.1, -0.05) is 44.5 Å². The van der Waals surface area contributed by atoms with E-state index in [1.807, 2.05) is 23.9 Å². The van der Waals surface area contributed by atoms with Crippen molar-refractivity contribution in [3.8, 4) is 0 Å². The summed E-state index contributed by atoms with van der Waals surface area (Å²) in [6.45, 7) is 8.45. The number of nitrogens with one attached hydrogen (secondary N) is 1. The Morgan fingerprint density at radius 3 is 2.75 bits per heavy atom. The van der Waals surface area contributed by atoms with Crippen LogP contribution in [0.25, 0.3) is 0 Å². The van der Waals surface area contributed by atoms with E-state index >= 15 is 0 Å². The molecule has 0 heterocycles. The summed E-state index contributed by atoms with van der Waals surface area (Å²) in [6, 6.07) is 6.15. The normalized spacial score (nSPS) is 12.8. The van der Waals surface area contributed by atoms with Crippen molar-refractivity contribution < 1.29 is 0 Å². The minimum Gasteiger partial charge on any atom is -0.313 e. The Kier molecular flexibility index (Phi) is 6.25. The second-order valence-electron chi connectivity index (χ2n) is 3.85. The fourth-order valence-corrected chi connectivity index (χ4v) is 2.74. The average molecular weight is 258 g/mol.